The van der Waals surface area contributed by atoms with Crippen molar-refractivity contribution < 1.29 is 0 Å². The average molecular weight is 265 g/mol. The molecule has 1 nitrogen and oxygen atoms in total. The molecular weight excluding hydrogens is 249 g/mol. The fourth-order valence-electron chi connectivity index (χ4n) is 0.703. The fraction of sp³-hybridized carbons (Fsp3) is 0.444. The molecule has 0 aliphatic rings. The third-order valence-corrected chi connectivity index (χ3v) is 1.31. The summed E-state index contributed by atoms with van der Waals surface area (Å²) < 4.78 is 0. The topological polar surface area (TPSA) is 23.9 Å². The zero-order chi connectivity index (χ0) is 7.82. The highest BCUT2D eigenvalue weighted by Crippen LogP contribution is 2.02. The molecule has 0 heterocycles. The Bertz CT molecular complexity index is 148. The molecule has 0 unspecified atom stereocenters. The van der Waals surface area contributed by atoms with Crippen LogP contribution in [0.1, 0.15) is 26.7 Å². The zero-order valence-corrected chi connectivity index (χ0v) is 9.46. The van der Waals surface area contributed by atoms with Crippen molar-refractivity contribution in [2.24, 2.45) is 0 Å². The Balaban J connectivity index is 0. The SMILES string of the molecule is C/C=C/CC/C(C)=C/C=N.I. The second kappa shape index (κ2) is 9.88. The molecule has 0 aromatic carbocycles. The van der Waals surface area contributed by atoms with Crippen LogP contribution < -0.4 is 0 Å². The Morgan fingerprint density at radius 2 is 2.09 bits per heavy atom. The van der Waals surface area contributed by atoms with Gasteiger partial charge in [0.2, 0.25) is 0 Å². The first-order valence-electron chi connectivity index (χ1n) is 3.58. The number of halogens is 1. The molecule has 1 N–H and O–H groups in total. The van der Waals surface area contributed by atoms with Crippen molar-refractivity contribution in [2.75, 3.05) is 0 Å². The van der Waals surface area contributed by atoms with Gasteiger partial charge in [0.25, 0.3) is 0 Å². The summed E-state index contributed by atoms with van der Waals surface area (Å²) in [6.45, 7) is 4.07. The molecule has 0 aliphatic heterocycles. The van der Waals surface area contributed by atoms with Crippen molar-refractivity contribution in [3.63, 3.8) is 0 Å². The molecule has 0 spiro atoms. The minimum absolute atomic E-state index is 0. The number of hydrogen-bond donors (Lipinski definition) is 1. The average Bonchev–Trinajstić information content (AvgIpc) is 1.89. The van der Waals surface area contributed by atoms with Gasteiger partial charge < -0.3 is 5.41 Å². The maximum Gasteiger partial charge on any atom is 0.0177 e. The van der Waals surface area contributed by atoms with Gasteiger partial charge in [-0.2, -0.15) is 0 Å². The van der Waals surface area contributed by atoms with Crippen molar-refractivity contribution in [1.29, 1.82) is 5.41 Å². The molecule has 0 radical (unpaired) electrons. The molecular formula is C9H16IN. The Labute approximate surface area is 86.1 Å². The smallest absolute Gasteiger partial charge is 0.0177 e. The first-order valence-corrected chi connectivity index (χ1v) is 3.58. The van der Waals surface area contributed by atoms with Gasteiger partial charge in [0.15, 0.2) is 0 Å². The molecule has 0 aliphatic carbocycles. The van der Waals surface area contributed by atoms with E-state index in [1.54, 1.807) is 0 Å². The molecule has 0 atom stereocenters. The van der Waals surface area contributed by atoms with Gasteiger partial charge in [-0.3, -0.25) is 0 Å². The first kappa shape index (κ1) is 13.5. The molecule has 0 saturated heterocycles. The van der Waals surface area contributed by atoms with Gasteiger partial charge in [-0.05, 0) is 32.8 Å². The number of nitrogens with one attached hydrogen (secondary N) is 1. The van der Waals surface area contributed by atoms with Gasteiger partial charge in [-0.15, -0.1) is 24.0 Å². The van der Waals surface area contributed by atoms with Crippen LogP contribution in [0.3, 0.4) is 0 Å². The Kier molecular flexibility index (Phi) is 12.1. The normalized spacial score (nSPS) is 11.3. The predicted molar refractivity (Wildman–Crippen MR) is 62.0 cm³/mol. The van der Waals surface area contributed by atoms with Crippen molar-refractivity contribution in [1.82, 2.24) is 0 Å². The van der Waals surface area contributed by atoms with E-state index < -0.39 is 0 Å². The van der Waals surface area contributed by atoms with Crippen LogP contribution >= 0.6 is 24.0 Å². The Hall–Kier alpha value is -0.120. The van der Waals surface area contributed by atoms with E-state index in [1.807, 2.05) is 13.0 Å². The van der Waals surface area contributed by atoms with Crippen LogP contribution in [0, 0.1) is 5.41 Å². The van der Waals surface area contributed by atoms with Gasteiger partial charge in [0.05, 0.1) is 0 Å². The van der Waals surface area contributed by atoms with Gasteiger partial charge in [0.1, 0.15) is 0 Å². The molecule has 0 aromatic heterocycles. The fourth-order valence-corrected chi connectivity index (χ4v) is 0.703. The Morgan fingerprint density at radius 1 is 1.45 bits per heavy atom. The quantitative estimate of drug-likeness (QED) is 0.456. The summed E-state index contributed by atoms with van der Waals surface area (Å²) in [5.74, 6) is 0. The van der Waals surface area contributed by atoms with Crippen LogP contribution in [0.25, 0.3) is 0 Å². The van der Waals surface area contributed by atoms with Gasteiger partial charge in [-0.1, -0.05) is 17.7 Å². The molecule has 11 heavy (non-hydrogen) atoms. The minimum Gasteiger partial charge on any atom is -0.309 e. The lowest BCUT2D eigenvalue weighted by atomic mass is 10.1. The van der Waals surface area contributed by atoms with Crippen LogP contribution in [-0.2, 0) is 0 Å². The van der Waals surface area contributed by atoms with E-state index in [1.165, 1.54) is 11.8 Å². The molecule has 0 bridgehead atoms. The molecule has 0 rings (SSSR count). The molecule has 64 valence electrons. The largest absolute Gasteiger partial charge is 0.309 e. The van der Waals surface area contributed by atoms with Gasteiger partial charge in [0, 0.05) is 6.21 Å². The zero-order valence-electron chi connectivity index (χ0n) is 7.13. The van der Waals surface area contributed by atoms with E-state index in [9.17, 15) is 0 Å². The van der Waals surface area contributed by atoms with Crippen molar-refractivity contribution in [3.8, 4) is 0 Å². The summed E-state index contributed by atoms with van der Waals surface area (Å²) >= 11 is 0. The third kappa shape index (κ3) is 9.88. The molecule has 0 fully saturated rings. The molecule has 2 heteroatoms. The highest BCUT2D eigenvalue weighted by molar-refractivity contribution is 14.0. The van der Waals surface area contributed by atoms with E-state index in [0.29, 0.717) is 0 Å². The summed E-state index contributed by atoms with van der Waals surface area (Å²) in [4.78, 5) is 0. The van der Waals surface area contributed by atoms with Crippen molar-refractivity contribution in [3.05, 3.63) is 23.8 Å². The maximum atomic E-state index is 6.79. The van der Waals surface area contributed by atoms with E-state index in [2.05, 4.69) is 19.1 Å². The summed E-state index contributed by atoms with van der Waals surface area (Å²) in [5.41, 5.74) is 1.27. The van der Waals surface area contributed by atoms with E-state index in [-0.39, 0.29) is 24.0 Å². The van der Waals surface area contributed by atoms with E-state index in [4.69, 9.17) is 5.41 Å². The van der Waals surface area contributed by atoms with Crippen LogP contribution in [0.4, 0.5) is 0 Å². The highest BCUT2D eigenvalue weighted by atomic mass is 127. The van der Waals surface area contributed by atoms with Crippen LogP contribution in [0.15, 0.2) is 23.8 Å². The van der Waals surface area contributed by atoms with Crippen LogP contribution in [-0.4, -0.2) is 6.21 Å². The predicted octanol–water partition coefficient (Wildman–Crippen LogP) is 3.56. The van der Waals surface area contributed by atoms with Gasteiger partial charge >= 0.3 is 0 Å². The second-order valence-electron chi connectivity index (χ2n) is 2.29. The summed E-state index contributed by atoms with van der Waals surface area (Å²) in [5, 5.41) is 6.79. The van der Waals surface area contributed by atoms with Crippen LogP contribution in [0.2, 0.25) is 0 Å². The molecule has 0 aromatic rings. The van der Waals surface area contributed by atoms with Crippen molar-refractivity contribution >= 4 is 30.2 Å². The summed E-state index contributed by atoms with van der Waals surface area (Å²) in [6, 6.07) is 0. The lowest BCUT2D eigenvalue weighted by molar-refractivity contribution is 0.978. The first-order chi connectivity index (χ1) is 4.81. The lowest BCUT2D eigenvalue weighted by Gasteiger charge is -1.93. The number of hydrogen-bond acceptors (Lipinski definition) is 1. The summed E-state index contributed by atoms with van der Waals surface area (Å²) in [7, 11) is 0. The van der Waals surface area contributed by atoms with Gasteiger partial charge in [-0.25, -0.2) is 0 Å². The third-order valence-electron chi connectivity index (χ3n) is 1.31. The number of allylic oxidation sites excluding steroid dienone is 4. The second-order valence-corrected chi connectivity index (χ2v) is 2.29. The standard InChI is InChI=1S/C9H15N.HI/c1-3-4-5-6-9(2)7-8-10;/h3-4,7-8,10H,5-6H2,1-2H3;1H/b4-3+,9-7+,10-8?;. The van der Waals surface area contributed by atoms with Crippen LogP contribution in [0.5, 0.6) is 0 Å². The molecule has 0 saturated carbocycles. The monoisotopic (exact) mass is 265 g/mol. The number of rotatable bonds is 4. The molecule has 0 amide bonds. The van der Waals surface area contributed by atoms with E-state index in [0.717, 1.165) is 12.8 Å². The minimum atomic E-state index is 0. The summed E-state index contributed by atoms with van der Waals surface area (Å²) in [6.07, 6.45) is 9.53. The Morgan fingerprint density at radius 3 is 2.55 bits per heavy atom. The lowest BCUT2D eigenvalue weighted by Crippen LogP contribution is -1.75. The van der Waals surface area contributed by atoms with Crippen molar-refractivity contribution in [2.45, 2.75) is 26.7 Å². The highest BCUT2D eigenvalue weighted by Gasteiger charge is 1.83. The van der Waals surface area contributed by atoms with E-state index >= 15 is 0 Å². The maximum absolute atomic E-state index is 6.79.